The van der Waals surface area contributed by atoms with E-state index in [4.69, 9.17) is 5.11 Å². The number of likely N-dealkylation sites (tertiary alicyclic amines) is 1. The van der Waals surface area contributed by atoms with Crippen molar-refractivity contribution >= 4 is 34.6 Å². The highest BCUT2D eigenvalue weighted by molar-refractivity contribution is 7.13. The lowest BCUT2D eigenvalue weighted by Crippen LogP contribution is -2.37. The maximum Gasteiger partial charge on any atom is 0.347 e. The minimum atomic E-state index is -0.927. The summed E-state index contributed by atoms with van der Waals surface area (Å²) in [5.41, 5.74) is 0. The van der Waals surface area contributed by atoms with E-state index in [9.17, 15) is 9.59 Å². The zero-order valence-electron chi connectivity index (χ0n) is 11.2. The van der Waals surface area contributed by atoms with Gasteiger partial charge in [0.25, 0.3) is 5.91 Å². The van der Waals surface area contributed by atoms with E-state index in [0.29, 0.717) is 13.1 Å². The number of rotatable bonds is 3. The van der Waals surface area contributed by atoms with Gasteiger partial charge in [-0.1, -0.05) is 6.07 Å². The molecule has 1 aliphatic heterocycles. The van der Waals surface area contributed by atoms with E-state index in [1.807, 2.05) is 22.4 Å². The fourth-order valence-electron chi connectivity index (χ4n) is 2.46. The first-order chi connectivity index (χ1) is 10.1. The molecule has 7 heteroatoms. The summed E-state index contributed by atoms with van der Waals surface area (Å²) >= 11 is 2.70. The molecule has 0 aromatic carbocycles. The summed E-state index contributed by atoms with van der Waals surface area (Å²) in [6.07, 6.45) is 3.10. The molecule has 1 amide bonds. The lowest BCUT2D eigenvalue weighted by Gasteiger charge is -2.30. The van der Waals surface area contributed by atoms with Crippen LogP contribution in [0.1, 0.15) is 43.1 Å². The van der Waals surface area contributed by atoms with E-state index in [-0.39, 0.29) is 16.7 Å². The molecule has 110 valence electrons. The number of carbonyl (C=O) groups is 2. The van der Waals surface area contributed by atoms with Crippen LogP contribution in [0, 0.1) is 0 Å². The average Bonchev–Trinajstić information content (AvgIpc) is 3.18. The number of nitrogens with zero attached hydrogens (tertiary/aromatic N) is 2. The Hall–Kier alpha value is -1.73. The quantitative estimate of drug-likeness (QED) is 0.943. The fourth-order valence-corrected chi connectivity index (χ4v) is 4.08. The Bertz CT molecular complexity index is 643. The lowest BCUT2D eigenvalue weighted by molar-refractivity contribution is 0.0698. The second-order valence-corrected chi connectivity index (χ2v) is 6.92. The van der Waals surface area contributed by atoms with Gasteiger partial charge in [0.2, 0.25) is 0 Å². The van der Waals surface area contributed by atoms with Crippen LogP contribution in [-0.2, 0) is 0 Å². The van der Waals surface area contributed by atoms with E-state index in [1.165, 1.54) is 28.9 Å². The number of hydrogen-bond donors (Lipinski definition) is 1. The molecule has 3 rings (SSSR count). The van der Waals surface area contributed by atoms with Crippen LogP contribution < -0.4 is 0 Å². The maximum atomic E-state index is 12.2. The standard InChI is InChI=1S/C14H14N2O3S2/c17-13(10-2-1-7-20-10)16-5-3-9(4-6-16)12-15-8-11(21-12)14(18)19/h1-2,7-9H,3-6H2,(H,18,19). The van der Waals surface area contributed by atoms with Crippen LogP contribution in [-0.4, -0.2) is 40.0 Å². The number of piperidine rings is 1. The largest absolute Gasteiger partial charge is 0.477 e. The summed E-state index contributed by atoms with van der Waals surface area (Å²) in [5, 5.41) is 11.7. The molecule has 3 heterocycles. The topological polar surface area (TPSA) is 70.5 Å². The Morgan fingerprint density at radius 1 is 1.29 bits per heavy atom. The third-order valence-corrected chi connectivity index (χ3v) is 5.60. The van der Waals surface area contributed by atoms with Crippen LogP contribution in [0.5, 0.6) is 0 Å². The van der Waals surface area contributed by atoms with Gasteiger partial charge in [0, 0.05) is 19.0 Å². The normalized spacial score (nSPS) is 16.1. The summed E-state index contributed by atoms with van der Waals surface area (Å²) in [4.78, 5) is 30.3. The number of thiophene rings is 1. The van der Waals surface area contributed by atoms with Crippen LogP contribution in [0.2, 0.25) is 0 Å². The molecule has 0 unspecified atom stereocenters. The van der Waals surface area contributed by atoms with Gasteiger partial charge in [-0.05, 0) is 24.3 Å². The molecule has 1 N–H and O–H groups in total. The molecule has 21 heavy (non-hydrogen) atoms. The van der Waals surface area contributed by atoms with E-state index < -0.39 is 5.97 Å². The average molecular weight is 322 g/mol. The molecule has 5 nitrogen and oxygen atoms in total. The minimum absolute atomic E-state index is 0.0915. The number of aromatic carboxylic acids is 1. The predicted octanol–water partition coefficient (Wildman–Crippen LogP) is 2.92. The lowest BCUT2D eigenvalue weighted by atomic mass is 9.97. The fraction of sp³-hybridized carbons (Fsp3) is 0.357. The van der Waals surface area contributed by atoms with Crippen molar-refractivity contribution in [1.29, 1.82) is 0 Å². The van der Waals surface area contributed by atoms with Gasteiger partial charge in [-0.15, -0.1) is 22.7 Å². The van der Waals surface area contributed by atoms with Gasteiger partial charge in [0.05, 0.1) is 16.1 Å². The number of thiazole rings is 1. The highest BCUT2D eigenvalue weighted by Gasteiger charge is 2.27. The van der Waals surface area contributed by atoms with E-state index >= 15 is 0 Å². The molecule has 0 aliphatic carbocycles. The number of carbonyl (C=O) groups excluding carboxylic acids is 1. The predicted molar refractivity (Wildman–Crippen MR) is 81.3 cm³/mol. The van der Waals surface area contributed by atoms with Gasteiger partial charge in [0.1, 0.15) is 4.88 Å². The third kappa shape index (κ3) is 2.98. The number of aromatic nitrogens is 1. The molecular weight excluding hydrogens is 308 g/mol. The summed E-state index contributed by atoms with van der Waals surface area (Å²) < 4.78 is 0. The molecule has 0 spiro atoms. The number of carboxylic acid groups (broad SMARTS) is 1. The molecule has 0 saturated carbocycles. The monoisotopic (exact) mass is 322 g/mol. The Kier molecular flexibility index (Phi) is 4.03. The van der Waals surface area contributed by atoms with Crippen molar-refractivity contribution in [3.63, 3.8) is 0 Å². The number of carboxylic acids is 1. The van der Waals surface area contributed by atoms with Crippen molar-refractivity contribution in [2.45, 2.75) is 18.8 Å². The van der Waals surface area contributed by atoms with E-state index in [2.05, 4.69) is 4.98 Å². The van der Waals surface area contributed by atoms with E-state index in [1.54, 1.807) is 0 Å². The SMILES string of the molecule is O=C(O)c1cnc(C2CCN(C(=O)c3cccs3)CC2)s1. The summed E-state index contributed by atoms with van der Waals surface area (Å²) in [7, 11) is 0. The smallest absolute Gasteiger partial charge is 0.347 e. The van der Waals surface area contributed by atoms with Crippen LogP contribution >= 0.6 is 22.7 Å². The second-order valence-electron chi connectivity index (χ2n) is 4.91. The Balaban J connectivity index is 1.62. The summed E-state index contributed by atoms with van der Waals surface area (Å²) in [6.45, 7) is 1.40. The Morgan fingerprint density at radius 2 is 2.05 bits per heavy atom. The molecule has 0 bridgehead atoms. The van der Waals surface area contributed by atoms with Crippen molar-refractivity contribution < 1.29 is 14.7 Å². The third-order valence-electron chi connectivity index (χ3n) is 3.60. The summed E-state index contributed by atoms with van der Waals surface area (Å²) in [6, 6.07) is 3.73. The molecule has 1 fully saturated rings. The summed E-state index contributed by atoms with van der Waals surface area (Å²) in [5.74, 6) is -0.576. The van der Waals surface area contributed by atoms with E-state index in [0.717, 1.165) is 22.7 Å². The highest BCUT2D eigenvalue weighted by atomic mass is 32.1. The van der Waals surface area contributed by atoms with Crippen molar-refractivity contribution in [3.05, 3.63) is 38.5 Å². The molecule has 2 aromatic rings. The van der Waals surface area contributed by atoms with Crippen LogP contribution in [0.25, 0.3) is 0 Å². The van der Waals surface area contributed by atoms with Crippen molar-refractivity contribution in [3.8, 4) is 0 Å². The van der Waals surface area contributed by atoms with Gasteiger partial charge >= 0.3 is 5.97 Å². The zero-order chi connectivity index (χ0) is 14.8. The van der Waals surface area contributed by atoms with Gasteiger partial charge in [-0.2, -0.15) is 0 Å². The molecule has 0 radical (unpaired) electrons. The van der Waals surface area contributed by atoms with Crippen molar-refractivity contribution in [1.82, 2.24) is 9.88 Å². The molecule has 2 aromatic heterocycles. The molecule has 1 aliphatic rings. The van der Waals surface area contributed by atoms with Gasteiger partial charge in [-0.3, -0.25) is 4.79 Å². The van der Waals surface area contributed by atoms with Crippen LogP contribution in [0.4, 0.5) is 0 Å². The number of amides is 1. The first kappa shape index (κ1) is 14.2. The van der Waals surface area contributed by atoms with Gasteiger partial charge in [-0.25, -0.2) is 9.78 Å². The van der Waals surface area contributed by atoms with Crippen molar-refractivity contribution in [2.75, 3.05) is 13.1 Å². The minimum Gasteiger partial charge on any atom is -0.477 e. The van der Waals surface area contributed by atoms with Gasteiger partial charge in [0.15, 0.2) is 0 Å². The van der Waals surface area contributed by atoms with Crippen LogP contribution in [0.15, 0.2) is 23.7 Å². The molecular formula is C14H14N2O3S2. The zero-order valence-corrected chi connectivity index (χ0v) is 12.8. The molecule has 1 saturated heterocycles. The van der Waals surface area contributed by atoms with Crippen molar-refractivity contribution in [2.24, 2.45) is 0 Å². The first-order valence-electron chi connectivity index (χ1n) is 6.67. The second kappa shape index (κ2) is 5.95. The maximum absolute atomic E-state index is 12.2. The Labute approximate surface area is 129 Å². The van der Waals surface area contributed by atoms with Crippen LogP contribution in [0.3, 0.4) is 0 Å². The molecule has 0 atom stereocenters. The number of hydrogen-bond acceptors (Lipinski definition) is 5. The first-order valence-corrected chi connectivity index (χ1v) is 8.36. The highest BCUT2D eigenvalue weighted by Crippen LogP contribution is 2.31. The van der Waals surface area contributed by atoms with Gasteiger partial charge < -0.3 is 10.0 Å². The Morgan fingerprint density at radius 3 is 2.62 bits per heavy atom.